The molecule has 1 aromatic carbocycles. The van der Waals surface area contributed by atoms with Gasteiger partial charge in [0, 0.05) is 10.4 Å². The van der Waals surface area contributed by atoms with E-state index >= 15 is 0 Å². The molecule has 2 rings (SSSR count). The molecule has 0 amide bonds. The molecular weight excluding hydrogens is 242 g/mol. The Balaban J connectivity index is 2.89. The first-order chi connectivity index (χ1) is 6.58. The Bertz CT molecular complexity index is 511. The maximum atomic E-state index is 5.95. The summed E-state index contributed by atoms with van der Waals surface area (Å²) in [6.45, 7) is 1.90. The van der Waals surface area contributed by atoms with Crippen molar-refractivity contribution in [1.29, 1.82) is 0 Å². The number of benzene rings is 1. The first kappa shape index (κ1) is 9.97. The summed E-state index contributed by atoms with van der Waals surface area (Å²) in [5.74, 6) is 0. The standard InChI is InChI=1S/C9H5Cl3N2/c1-4-2-5-7(3-6(4)10)13-9(12)14-8(5)11/h2-3H,1H3. The Kier molecular flexibility index (Phi) is 2.52. The van der Waals surface area contributed by atoms with Gasteiger partial charge >= 0.3 is 0 Å². The van der Waals surface area contributed by atoms with Crippen LogP contribution in [-0.2, 0) is 0 Å². The molecule has 0 saturated heterocycles. The molecule has 0 aliphatic rings. The lowest BCUT2D eigenvalue weighted by molar-refractivity contribution is 1.22. The topological polar surface area (TPSA) is 25.8 Å². The lowest BCUT2D eigenvalue weighted by Crippen LogP contribution is -1.88. The third-order valence-corrected chi connectivity index (χ3v) is 2.77. The van der Waals surface area contributed by atoms with Crippen LogP contribution in [-0.4, -0.2) is 9.97 Å². The monoisotopic (exact) mass is 246 g/mol. The predicted octanol–water partition coefficient (Wildman–Crippen LogP) is 3.90. The number of hydrogen-bond acceptors (Lipinski definition) is 2. The van der Waals surface area contributed by atoms with Gasteiger partial charge in [0.2, 0.25) is 5.28 Å². The molecule has 2 aromatic rings. The fourth-order valence-electron chi connectivity index (χ4n) is 1.19. The maximum absolute atomic E-state index is 5.95. The molecule has 0 aliphatic heterocycles. The van der Waals surface area contributed by atoms with E-state index in [1.807, 2.05) is 13.0 Å². The molecule has 0 aliphatic carbocycles. The van der Waals surface area contributed by atoms with Crippen molar-refractivity contribution in [2.45, 2.75) is 6.92 Å². The van der Waals surface area contributed by atoms with Gasteiger partial charge in [-0.1, -0.05) is 23.2 Å². The second-order valence-electron chi connectivity index (χ2n) is 2.90. The van der Waals surface area contributed by atoms with Crippen LogP contribution in [0.3, 0.4) is 0 Å². The van der Waals surface area contributed by atoms with Crippen LogP contribution in [0.15, 0.2) is 12.1 Å². The number of hydrogen-bond donors (Lipinski definition) is 0. The minimum absolute atomic E-state index is 0.127. The first-order valence-corrected chi connectivity index (χ1v) is 5.00. The minimum atomic E-state index is 0.127. The van der Waals surface area contributed by atoms with Gasteiger partial charge in [-0.3, -0.25) is 0 Å². The second kappa shape index (κ2) is 3.54. The number of rotatable bonds is 0. The van der Waals surface area contributed by atoms with Crippen LogP contribution in [0.5, 0.6) is 0 Å². The van der Waals surface area contributed by atoms with Crippen molar-refractivity contribution in [2.24, 2.45) is 0 Å². The molecule has 0 unspecified atom stereocenters. The molecule has 0 atom stereocenters. The SMILES string of the molecule is Cc1cc2c(Cl)nc(Cl)nc2cc1Cl. The molecule has 1 aromatic heterocycles. The normalized spacial score (nSPS) is 10.9. The Morgan fingerprint density at radius 1 is 1.07 bits per heavy atom. The van der Waals surface area contributed by atoms with Gasteiger partial charge in [-0.15, -0.1) is 0 Å². The summed E-state index contributed by atoms with van der Waals surface area (Å²) >= 11 is 17.5. The third-order valence-electron chi connectivity index (χ3n) is 1.90. The highest BCUT2D eigenvalue weighted by molar-refractivity contribution is 6.36. The van der Waals surface area contributed by atoms with Gasteiger partial charge in [0.15, 0.2) is 0 Å². The first-order valence-electron chi connectivity index (χ1n) is 3.87. The average Bonchev–Trinajstić information content (AvgIpc) is 2.08. The third kappa shape index (κ3) is 1.65. The molecular formula is C9H5Cl3N2. The lowest BCUT2D eigenvalue weighted by Gasteiger charge is -2.03. The van der Waals surface area contributed by atoms with Gasteiger partial charge in [0.1, 0.15) is 5.15 Å². The van der Waals surface area contributed by atoms with Crippen LogP contribution in [0, 0.1) is 6.92 Å². The molecule has 0 spiro atoms. The Morgan fingerprint density at radius 3 is 2.50 bits per heavy atom. The quantitative estimate of drug-likeness (QED) is 0.521. The largest absolute Gasteiger partial charge is 0.224 e. The highest BCUT2D eigenvalue weighted by Crippen LogP contribution is 2.27. The molecule has 0 fully saturated rings. The summed E-state index contributed by atoms with van der Waals surface area (Å²) in [5, 5.41) is 1.88. The number of fused-ring (bicyclic) bond motifs is 1. The molecule has 5 heteroatoms. The van der Waals surface area contributed by atoms with Crippen molar-refractivity contribution in [1.82, 2.24) is 9.97 Å². The van der Waals surface area contributed by atoms with E-state index in [-0.39, 0.29) is 5.28 Å². The number of nitrogens with zero attached hydrogens (tertiary/aromatic N) is 2. The van der Waals surface area contributed by atoms with Gasteiger partial charge in [-0.05, 0) is 36.2 Å². The van der Waals surface area contributed by atoms with Crippen molar-refractivity contribution < 1.29 is 0 Å². The Hall–Kier alpha value is -0.570. The molecule has 0 radical (unpaired) electrons. The Morgan fingerprint density at radius 2 is 1.79 bits per heavy atom. The molecule has 0 N–H and O–H groups in total. The molecule has 1 heterocycles. The average molecular weight is 248 g/mol. The molecule has 14 heavy (non-hydrogen) atoms. The molecule has 0 bridgehead atoms. The highest BCUT2D eigenvalue weighted by atomic mass is 35.5. The smallest absolute Gasteiger partial charge is 0.218 e. The number of aryl methyl sites for hydroxylation is 1. The van der Waals surface area contributed by atoms with E-state index in [4.69, 9.17) is 34.8 Å². The summed E-state index contributed by atoms with van der Waals surface area (Å²) in [5.41, 5.74) is 1.59. The highest BCUT2D eigenvalue weighted by Gasteiger charge is 2.06. The van der Waals surface area contributed by atoms with E-state index in [1.165, 1.54) is 0 Å². The van der Waals surface area contributed by atoms with Crippen LogP contribution >= 0.6 is 34.8 Å². The van der Waals surface area contributed by atoms with Gasteiger partial charge in [0.05, 0.1) is 5.52 Å². The van der Waals surface area contributed by atoms with Gasteiger partial charge in [-0.2, -0.15) is 0 Å². The summed E-state index contributed by atoms with van der Waals surface area (Å²) in [7, 11) is 0. The van der Waals surface area contributed by atoms with E-state index in [0.29, 0.717) is 15.7 Å². The van der Waals surface area contributed by atoms with Gasteiger partial charge in [0.25, 0.3) is 0 Å². The van der Waals surface area contributed by atoms with E-state index < -0.39 is 0 Å². The zero-order valence-electron chi connectivity index (χ0n) is 7.18. The van der Waals surface area contributed by atoms with Crippen LogP contribution < -0.4 is 0 Å². The lowest BCUT2D eigenvalue weighted by atomic mass is 10.2. The van der Waals surface area contributed by atoms with Crippen LogP contribution in [0.2, 0.25) is 15.5 Å². The van der Waals surface area contributed by atoms with Crippen LogP contribution in [0.1, 0.15) is 5.56 Å². The molecule has 72 valence electrons. The molecule has 2 nitrogen and oxygen atoms in total. The minimum Gasteiger partial charge on any atom is -0.218 e. The van der Waals surface area contributed by atoms with E-state index in [2.05, 4.69) is 9.97 Å². The summed E-state index contributed by atoms with van der Waals surface area (Å²) in [6, 6.07) is 3.57. The Labute approximate surface area is 95.8 Å². The van der Waals surface area contributed by atoms with Crippen molar-refractivity contribution in [3.05, 3.63) is 33.2 Å². The predicted molar refractivity (Wildman–Crippen MR) is 59.3 cm³/mol. The number of aromatic nitrogens is 2. The van der Waals surface area contributed by atoms with Gasteiger partial charge < -0.3 is 0 Å². The van der Waals surface area contributed by atoms with Crippen LogP contribution in [0.25, 0.3) is 10.9 Å². The second-order valence-corrected chi connectivity index (χ2v) is 4.01. The van der Waals surface area contributed by atoms with E-state index in [9.17, 15) is 0 Å². The van der Waals surface area contributed by atoms with Gasteiger partial charge in [-0.25, -0.2) is 9.97 Å². The van der Waals surface area contributed by atoms with Crippen molar-refractivity contribution in [2.75, 3.05) is 0 Å². The zero-order valence-corrected chi connectivity index (χ0v) is 9.45. The van der Waals surface area contributed by atoms with Crippen molar-refractivity contribution in [3.63, 3.8) is 0 Å². The van der Waals surface area contributed by atoms with E-state index in [0.717, 1.165) is 10.9 Å². The van der Waals surface area contributed by atoms with Crippen LogP contribution in [0.4, 0.5) is 0 Å². The fraction of sp³-hybridized carbons (Fsp3) is 0.111. The summed E-state index contributed by atoms with van der Waals surface area (Å²) < 4.78 is 0. The van der Waals surface area contributed by atoms with Crippen molar-refractivity contribution in [3.8, 4) is 0 Å². The van der Waals surface area contributed by atoms with Crippen molar-refractivity contribution >= 4 is 45.7 Å². The summed E-state index contributed by atoms with van der Waals surface area (Å²) in [6.07, 6.45) is 0. The maximum Gasteiger partial charge on any atom is 0.224 e. The summed E-state index contributed by atoms with van der Waals surface area (Å²) in [4.78, 5) is 7.87. The zero-order chi connectivity index (χ0) is 10.3. The molecule has 0 saturated carbocycles. The fourth-order valence-corrected chi connectivity index (χ4v) is 1.80. The van der Waals surface area contributed by atoms with E-state index in [1.54, 1.807) is 6.07 Å². The number of halogens is 3.